The lowest BCUT2D eigenvalue weighted by Gasteiger charge is -2.41. The molecule has 0 radical (unpaired) electrons. The molecule has 1 atom stereocenters. The van der Waals surface area contributed by atoms with Gasteiger partial charge >= 0.3 is 0 Å². The highest BCUT2D eigenvalue weighted by Crippen LogP contribution is 2.26. The third-order valence-electron chi connectivity index (χ3n) is 7.16. The van der Waals surface area contributed by atoms with Crippen molar-refractivity contribution in [2.75, 3.05) is 57.7 Å². The molecule has 0 aliphatic carbocycles. The quantitative estimate of drug-likeness (QED) is 0.666. The highest BCUT2D eigenvalue weighted by molar-refractivity contribution is 6.19. The highest BCUT2D eigenvalue weighted by Gasteiger charge is 2.35. The van der Waals surface area contributed by atoms with Crippen LogP contribution in [0.2, 0.25) is 0 Å². The Hall–Kier alpha value is -3.10. The van der Waals surface area contributed by atoms with Gasteiger partial charge in [0.05, 0.1) is 11.5 Å². The summed E-state index contributed by atoms with van der Waals surface area (Å²) in [6.07, 6.45) is 5.27. The van der Waals surface area contributed by atoms with Gasteiger partial charge in [-0.2, -0.15) is 0 Å². The molecule has 4 heterocycles. The lowest BCUT2D eigenvalue weighted by atomic mass is 9.96. The first-order chi connectivity index (χ1) is 17.2. The van der Waals surface area contributed by atoms with E-state index in [1.165, 1.54) is 44.9 Å². The summed E-state index contributed by atoms with van der Waals surface area (Å²) in [5, 5.41) is 2.88. The number of likely N-dealkylation sites (tertiary alicyclic amines) is 1. The molecule has 184 valence electrons. The van der Waals surface area contributed by atoms with Crippen LogP contribution in [0, 0.1) is 5.92 Å². The predicted molar refractivity (Wildman–Crippen MR) is 141 cm³/mol. The summed E-state index contributed by atoms with van der Waals surface area (Å²) in [7, 11) is 0. The zero-order valence-corrected chi connectivity index (χ0v) is 20.6. The molecular formula is C27H35N7O. The van der Waals surface area contributed by atoms with Gasteiger partial charge < -0.3 is 15.1 Å². The third-order valence-corrected chi connectivity index (χ3v) is 7.16. The van der Waals surface area contributed by atoms with E-state index in [0.717, 1.165) is 44.1 Å². The molecule has 8 heteroatoms. The number of rotatable bonds is 7. The van der Waals surface area contributed by atoms with Crippen LogP contribution < -0.4 is 5.32 Å². The molecule has 1 aromatic heterocycles. The smallest absolute Gasteiger partial charge is 0.257 e. The number of amidine groups is 2. The minimum atomic E-state index is -0.183. The molecule has 0 bridgehead atoms. The number of nitrogens with one attached hydrogen (secondary N) is 1. The maximum atomic E-state index is 12.4. The Morgan fingerprint density at radius 1 is 0.971 bits per heavy atom. The number of nitrogens with zero attached hydrogens (tertiary/aromatic N) is 6. The number of anilines is 1. The Balaban J connectivity index is 1.14. The minimum absolute atomic E-state index is 0.183. The first-order valence-corrected chi connectivity index (χ1v) is 12.9. The summed E-state index contributed by atoms with van der Waals surface area (Å²) >= 11 is 0. The molecule has 2 aromatic rings. The van der Waals surface area contributed by atoms with E-state index in [-0.39, 0.29) is 11.8 Å². The molecule has 1 unspecified atom stereocenters. The monoisotopic (exact) mass is 473 g/mol. The van der Waals surface area contributed by atoms with Gasteiger partial charge in [0.25, 0.3) is 5.91 Å². The lowest BCUT2D eigenvalue weighted by Crippen LogP contribution is -2.55. The zero-order valence-electron chi connectivity index (χ0n) is 20.6. The standard InChI is InChI=1S/C27H35N7O/c1-2-23-25(30-24-11-10-21(20-28-24)27(35)29-22-8-4-3-5-9-22)31-26(23)34-18-16-33(17-19-34)15-14-32-12-6-7-13-32/h3-5,8-11,20,23H,2,6-7,12-19H2,1H3,(H,29,35). The number of carbonyl (C=O) groups is 1. The molecule has 1 amide bonds. The molecular weight excluding hydrogens is 438 g/mol. The van der Waals surface area contributed by atoms with E-state index in [0.29, 0.717) is 11.4 Å². The number of amides is 1. The lowest BCUT2D eigenvalue weighted by molar-refractivity contribution is 0.102. The fourth-order valence-corrected chi connectivity index (χ4v) is 5.00. The Bertz CT molecular complexity index is 1050. The van der Waals surface area contributed by atoms with Gasteiger partial charge in [0.15, 0.2) is 5.82 Å². The van der Waals surface area contributed by atoms with E-state index >= 15 is 0 Å². The van der Waals surface area contributed by atoms with Crippen molar-refractivity contribution in [2.45, 2.75) is 26.2 Å². The minimum Gasteiger partial charge on any atom is -0.357 e. The molecule has 2 saturated heterocycles. The second-order valence-electron chi connectivity index (χ2n) is 9.50. The summed E-state index contributed by atoms with van der Waals surface area (Å²) in [6, 6.07) is 13.0. The molecule has 2 fully saturated rings. The van der Waals surface area contributed by atoms with E-state index in [1.54, 1.807) is 18.3 Å². The van der Waals surface area contributed by atoms with Gasteiger partial charge in [0.2, 0.25) is 0 Å². The summed E-state index contributed by atoms with van der Waals surface area (Å²) in [5.74, 6) is 2.67. The molecule has 0 spiro atoms. The van der Waals surface area contributed by atoms with Crippen molar-refractivity contribution in [3.63, 3.8) is 0 Å². The number of pyridine rings is 1. The number of para-hydroxylation sites is 1. The van der Waals surface area contributed by atoms with Crippen molar-refractivity contribution in [1.82, 2.24) is 19.7 Å². The summed E-state index contributed by atoms with van der Waals surface area (Å²) in [5.41, 5.74) is 1.27. The molecule has 0 saturated carbocycles. The molecule has 35 heavy (non-hydrogen) atoms. The van der Waals surface area contributed by atoms with E-state index in [1.807, 2.05) is 30.3 Å². The van der Waals surface area contributed by atoms with Crippen LogP contribution >= 0.6 is 0 Å². The van der Waals surface area contributed by atoms with Crippen LogP contribution in [0.4, 0.5) is 11.5 Å². The molecule has 3 aliphatic rings. The Morgan fingerprint density at radius 3 is 2.34 bits per heavy atom. The van der Waals surface area contributed by atoms with Crippen molar-refractivity contribution in [2.24, 2.45) is 15.9 Å². The summed E-state index contributed by atoms with van der Waals surface area (Å²) in [6.45, 7) is 11.4. The summed E-state index contributed by atoms with van der Waals surface area (Å²) < 4.78 is 0. The van der Waals surface area contributed by atoms with Gasteiger partial charge in [-0.15, -0.1) is 0 Å². The van der Waals surface area contributed by atoms with Crippen LogP contribution in [0.25, 0.3) is 0 Å². The normalized spacial score (nSPS) is 22.2. The topological polar surface area (TPSA) is 76.4 Å². The van der Waals surface area contributed by atoms with Crippen LogP contribution in [0.5, 0.6) is 0 Å². The van der Waals surface area contributed by atoms with E-state index < -0.39 is 0 Å². The summed E-state index contributed by atoms with van der Waals surface area (Å²) in [4.78, 5) is 33.9. The number of benzene rings is 1. The van der Waals surface area contributed by atoms with Gasteiger partial charge in [-0.1, -0.05) is 25.1 Å². The number of carbonyl (C=O) groups excluding carboxylic acids is 1. The Kier molecular flexibility index (Phi) is 7.49. The van der Waals surface area contributed by atoms with Crippen LogP contribution in [-0.4, -0.2) is 89.6 Å². The fourth-order valence-electron chi connectivity index (χ4n) is 5.00. The number of hydrogen-bond donors (Lipinski definition) is 1. The molecule has 8 nitrogen and oxygen atoms in total. The Labute approximate surface area is 207 Å². The van der Waals surface area contributed by atoms with Crippen molar-refractivity contribution in [1.29, 1.82) is 0 Å². The number of piperazine rings is 1. The number of aromatic nitrogens is 1. The highest BCUT2D eigenvalue weighted by atomic mass is 16.1. The van der Waals surface area contributed by atoms with Crippen LogP contribution in [0.1, 0.15) is 36.5 Å². The second-order valence-corrected chi connectivity index (χ2v) is 9.50. The fraction of sp³-hybridized carbons (Fsp3) is 0.481. The van der Waals surface area contributed by atoms with Crippen LogP contribution in [-0.2, 0) is 0 Å². The molecule has 1 N–H and O–H groups in total. The van der Waals surface area contributed by atoms with Gasteiger partial charge in [0.1, 0.15) is 11.7 Å². The van der Waals surface area contributed by atoms with Crippen molar-refractivity contribution in [3.05, 3.63) is 54.2 Å². The van der Waals surface area contributed by atoms with E-state index in [9.17, 15) is 4.79 Å². The van der Waals surface area contributed by atoms with Crippen molar-refractivity contribution in [3.8, 4) is 0 Å². The van der Waals surface area contributed by atoms with Crippen molar-refractivity contribution < 1.29 is 4.79 Å². The van der Waals surface area contributed by atoms with E-state index in [2.05, 4.69) is 36.9 Å². The number of aliphatic imine (C=N–C) groups is 2. The van der Waals surface area contributed by atoms with Gasteiger partial charge in [-0.25, -0.2) is 15.0 Å². The SMILES string of the molecule is CCC1C(=Nc2ccc(C(=O)Nc3ccccc3)cn2)N=C1N1CCN(CCN2CCCC2)CC1. The average molecular weight is 474 g/mol. The zero-order chi connectivity index (χ0) is 24.0. The van der Waals surface area contributed by atoms with Gasteiger partial charge in [-0.05, 0) is 56.6 Å². The number of hydrogen-bond acceptors (Lipinski definition) is 6. The molecule has 1 aromatic carbocycles. The van der Waals surface area contributed by atoms with Crippen LogP contribution in [0.3, 0.4) is 0 Å². The molecule has 3 aliphatic heterocycles. The van der Waals surface area contributed by atoms with E-state index in [4.69, 9.17) is 4.99 Å². The largest absolute Gasteiger partial charge is 0.357 e. The first-order valence-electron chi connectivity index (χ1n) is 12.9. The maximum absolute atomic E-state index is 12.4. The predicted octanol–water partition coefficient (Wildman–Crippen LogP) is 3.52. The maximum Gasteiger partial charge on any atom is 0.257 e. The van der Waals surface area contributed by atoms with Crippen molar-refractivity contribution >= 4 is 29.1 Å². The van der Waals surface area contributed by atoms with Gasteiger partial charge in [-0.3, -0.25) is 9.69 Å². The van der Waals surface area contributed by atoms with Crippen LogP contribution in [0.15, 0.2) is 58.6 Å². The first kappa shape index (κ1) is 23.6. The Morgan fingerprint density at radius 2 is 1.69 bits per heavy atom. The molecule has 5 rings (SSSR count). The second kappa shape index (κ2) is 11.1. The average Bonchev–Trinajstić information content (AvgIpc) is 3.41. The third kappa shape index (κ3) is 5.77. The van der Waals surface area contributed by atoms with Gasteiger partial charge in [0, 0.05) is 51.2 Å².